The van der Waals surface area contributed by atoms with E-state index in [9.17, 15) is 0 Å². The number of nitrogens with zero attached hydrogens (tertiary/aromatic N) is 1. The fourth-order valence-electron chi connectivity index (χ4n) is 1.05. The van der Waals surface area contributed by atoms with E-state index in [1.54, 1.807) is 6.20 Å². The molecule has 0 saturated heterocycles. The molecule has 0 radical (unpaired) electrons. The largest absolute Gasteiger partial charge is 0.447 e. The van der Waals surface area contributed by atoms with Crippen LogP contribution in [-0.2, 0) is 6.54 Å². The standard InChI is InChI=1S/C11H20N2O/c1-9(11(2,3)4)5-12-6-10-7-13-8-14-10/h7-9,12H,5-6H2,1-4H3. The summed E-state index contributed by atoms with van der Waals surface area (Å²) in [6.45, 7) is 10.8. The van der Waals surface area contributed by atoms with Crippen molar-refractivity contribution in [3.05, 3.63) is 18.4 Å². The van der Waals surface area contributed by atoms with Gasteiger partial charge in [-0.3, -0.25) is 0 Å². The molecule has 0 aliphatic heterocycles. The van der Waals surface area contributed by atoms with Gasteiger partial charge in [0, 0.05) is 0 Å². The van der Waals surface area contributed by atoms with Crippen LogP contribution in [0.2, 0.25) is 0 Å². The summed E-state index contributed by atoms with van der Waals surface area (Å²) in [5.74, 6) is 1.54. The molecule has 1 N–H and O–H groups in total. The second-order valence-electron chi connectivity index (χ2n) is 4.87. The van der Waals surface area contributed by atoms with Crippen molar-refractivity contribution in [2.75, 3.05) is 6.54 Å². The van der Waals surface area contributed by atoms with Crippen molar-refractivity contribution in [3.8, 4) is 0 Å². The van der Waals surface area contributed by atoms with Crippen LogP contribution in [0.5, 0.6) is 0 Å². The molecule has 0 aromatic carbocycles. The maximum atomic E-state index is 5.13. The molecule has 3 nitrogen and oxygen atoms in total. The summed E-state index contributed by atoms with van der Waals surface area (Å²) in [5, 5.41) is 3.36. The molecule has 0 aliphatic carbocycles. The number of rotatable bonds is 4. The highest BCUT2D eigenvalue weighted by Gasteiger charge is 2.19. The predicted octanol–water partition coefficient (Wildman–Crippen LogP) is 2.45. The fourth-order valence-corrected chi connectivity index (χ4v) is 1.05. The quantitative estimate of drug-likeness (QED) is 0.803. The van der Waals surface area contributed by atoms with Gasteiger partial charge in [0.1, 0.15) is 5.76 Å². The van der Waals surface area contributed by atoms with Gasteiger partial charge in [0.2, 0.25) is 0 Å². The summed E-state index contributed by atoms with van der Waals surface area (Å²) in [4.78, 5) is 3.86. The molecule has 1 heterocycles. The molecule has 3 heteroatoms. The first-order valence-electron chi connectivity index (χ1n) is 5.08. The van der Waals surface area contributed by atoms with Crippen LogP contribution in [0, 0.1) is 11.3 Å². The van der Waals surface area contributed by atoms with Crippen LogP contribution in [0.25, 0.3) is 0 Å². The third-order valence-electron chi connectivity index (χ3n) is 2.71. The highest BCUT2D eigenvalue weighted by atomic mass is 16.3. The van der Waals surface area contributed by atoms with Crippen molar-refractivity contribution in [2.24, 2.45) is 11.3 Å². The van der Waals surface area contributed by atoms with E-state index in [0.717, 1.165) is 18.8 Å². The molecule has 14 heavy (non-hydrogen) atoms. The zero-order valence-electron chi connectivity index (χ0n) is 9.50. The minimum absolute atomic E-state index is 0.356. The topological polar surface area (TPSA) is 38.1 Å². The molecule has 0 spiro atoms. The summed E-state index contributed by atoms with van der Waals surface area (Å²) >= 11 is 0. The normalized spacial score (nSPS) is 14.3. The van der Waals surface area contributed by atoms with Crippen LogP contribution in [0.4, 0.5) is 0 Å². The zero-order chi connectivity index (χ0) is 10.6. The Balaban J connectivity index is 2.22. The summed E-state index contributed by atoms with van der Waals surface area (Å²) in [6, 6.07) is 0. The lowest BCUT2D eigenvalue weighted by atomic mass is 9.82. The Hall–Kier alpha value is -0.830. The minimum Gasteiger partial charge on any atom is -0.447 e. The Labute approximate surface area is 85.9 Å². The molecule has 1 unspecified atom stereocenters. The van der Waals surface area contributed by atoms with Crippen LogP contribution >= 0.6 is 0 Å². The molecular formula is C11H20N2O. The van der Waals surface area contributed by atoms with Crippen LogP contribution < -0.4 is 5.32 Å². The second kappa shape index (κ2) is 4.60. The first-order valence-corrected chi connectivity index (χ1v) is 5.08. The summed E-state index contributed by atoms with van der Waals surface area (Å²) in [5.41, 5.74) is 0.356. The van der Waals surface area contributed by atoms with Gasteiger partial charge >= 0.3 is 0 Å². The van der Waals surface area contributed by atoms with Crippen molar-refractivity contribution in [2.45, 2.75) is 34.2 Å². The first kappa shape index (κ1) is 11.2. The smallest absolute Gasteiger partial charge is 0.180 e. The number of aromatic nitrogens is 1. The van der Waals surface area contributed by atoms with Gasteiger partial charge in [0.25, 0.3) is 0 Å². The van der Waals surface area contributed by atoms with E-state index >= 15 is 0 Å². The van der Waals surface area contributed by atoms with Gasteiger partial charge in [-0.15, -0.1) is 0 Å². The maximum Gasteiger partial charge on any atom is 0.180 e. The van der Waals surface area contributed by atoms with Gasteiger partial charge in [-0.05, 0) is 17.9 Å². The van der Waals surface area contributed by atoms with E-state index in [-0.39, 0.29) is 0 Å². The summed E-state index contributed by atoms with van der Waals surface area (Å²) < 4.78 is 5.13. The zero-order valence-corrected chi connectivity index (χ0v) is 9.50. The third kappa shape index (κ3) is 3.50. The lowest BCUT2D eigenvalue weighted by molar-refractivity contribution is 0.250. The maximum absolute atomic E-state index is 5.13. The van der Waals surface area contributed by atoms with E-state index in [2.05, 4.69) is 38.0 Å². The lowest BCUT2D eigenvalue weighted by Gasteiger charge is -2.27. The van der Waals surface area contributed by atoms with Gasteiger partial charge < -0.3 is 9.73 Å². The number of oxazole rings is 1. The van der Waals surface area contributed by atoms with Gasteiger partial charge in [-0.2, -0.15) is 0 Å². The SMILES string of the molecule is CC(CNCc1cnco1)C(C)(C)C. The van der Waals surface area contributed by atoms with E-state index in [0.29, 0.717) is 11.3 Å². The molecule has 1 atom stereocenters. The average Bonchev–Trinajstić information content (AvgIpc) is 2.55. The number of hydrogen-bond acceptors (Lipinski definition) is 3. The number of hydrogen-bond donors (Lipinski definition) is 1. The monoisotopic (exact) mass is 196 g/mol. The van der Waals surface area contributed by atoms with E-state index < -0.39 is 0 Å². The van der Waals surface area contributed by atoms with Crippen molar-refractivity contribution in [3.63, 3.8) is 0 Å². The third-order valence-corrected chi connectivity index (χ3v) is 2.71. The summed E-state index contributed by atoms with van der Waals surface area (Å²) in [7, 11) is 0. The Morgan fingerprint density at radius 2 is 2.21 bits per heavy atom. The number of nitrogens with one attached hydrogen (secondary N) is 1. The molecule has 80 valence electrons. The van der Waals surface area contributed by atoms with Crippen LogP contribution in [0.15, 0.2) is 17.0 Å². The van der Waals surface area contributed by atoms with Gasteiger partial charge in [-0.1, -0.05) is 27.7 Å². The first-order chi connectivity index (χ1) is 6.50. The van der Waals surface area contributed by atoms with Crippen LogP contribution in [0.3, 0.4) is 0 Å². The molecule has 0 fully saturated rings. The van der Waals surface area contributed by atoms with Gasteiger partial charge in [0.15, 0.2) is 6.39 Å². The molecular weight excluding hydrogens is 176 g/mol. The van der Waals surface area contributed by atoms with E-state index in [4.69, 9.17) is 4.42 Å². The Bertz CT molecular complexity index is 249. The van der Waals surface area contributed by atoms with Gasteiger partial charge in [0.05, 0.1) is 12.7 Å². The van der Waals surface area contributed by atoms with Crippen LogP contribution in [0.1, 0.15) is 33.5 Å². The van der Waals surface area contributed by atoms with E-state index in [1.165, 1.54) is 6.39 Å². The van der Waals surface area contributed by atoms with Crippen molar-refractivity contribution in [1.29, 1.82) is 0 Å². The minimum atomic E-state index is 0.356. The highest BCUT2D eigenvalue weighted by molar-refractivity contribution is 4.87. The second-order valence-corrected chi connectivity index (χ2v) is 4.87. The summed E-state index contributed by atoms with van der Waals surface area (Å²) in [6.07, 6.45) is 3.21. The van der Waals surface area contributed by atoms with Crippen LogP contribution in [-0.4, -0.2) is 11.5 Å². The van der Waals surface area contributed by atoms with Crippen molar-refractivity contribution >= 4 is 0 Å². The van der Waals surface area contributed by atoms with Crippen molar-refractivity contribution in [1.82, 2.24) is 10.3 Å². The lowest BCUT2D eigenvalue weighted by Crippen LogP contribution is -2.29. The average molecular weight is 196 g/mol. The highest BCUT2D eigenvalue weighted by Crippen LogP contribution is 2.24. The molecule has 1 aromatic heterocycles. The van der Waals surface area contributed by atoms with Crippen molar-refractivity contribution < 1.29 is 4.42 Å². The molecule has 1 aromatic rings. The molecule has 0 amide bonds. The predicted molar refractivity (Wildman–Crippen MR) is 56.8 cm³/mol. The van der Waals surface area contributed by atoms with E-state index in [1.807, 2.05) is 0 Å². The van der Waals surface area contributed by atoms with Gasteiger partial charge in [-0.25, -0.2) is 4.98 Å². The molecule has 0 bridgehead atoms. The fraction of sp³-hybridized carbons (Fsp3) is 0.727. The molecule has 0 aliphatic rings. The Morgan fingerprint density at radius 1 is 1.50 bits per heavy atom. The molecule has 1 rings (SSSR count). The molecule has 0 saturated carbocycles. The Kier molecular flexibility index (Phi) is 3.69. The Morgan fingerprint density at radius 3 is 2.71 bits per heavy atom.